The van der Waals surface area contributed by atoms with Gasteiger partial charge in [0, 0.05) is 10.4 Å². The number of thioether (sulfide) groups is 1. The predicted octanol–water partition coefficient (Wildman–Crippen LogP) is 4.98. The Bertz CT molecular complexity index is 1140. The van der Waals surface area contributed by atoms with Crippen LogP contribution >= 0.6 is 23.1 Å². The third kappa shape index (κ3) is 5.56. The van der Waals surface area contributed by atoms with E-state index in [-0.39, 0.29) is 22.9 Å². The summed E-state index contributed by atoms with van der Waals surface area (Å²) < 4.78 is 16.2. The van der Waals surface area contributed by atoms with E-state index in [9.17, 15) is 9.59 Å². The summed E-state index contributed by atoms with van der Waals surface area (Å²) in [7, 11) is 1.59. The zero-order valence-electron chi connectivity index (χ0n) is 18.5. The first-order valence-electron chi connectivity index (χ1n) is 10.8. The van der Waals surface area contributed by atoms with Crippen molar-refractivity contribution < 1.29 is 23.5 Å². The monoisotopic (exact) mass is 487 g/mol. The second kappa shape index (κ2) is 10.8. The van der Waals surface area contributed by atoms with Crippen LogP contribution in [0.1, 0.15) is 47.0 Å². The number of carbonyl (C=O) groups excluding carboxylic acids is 2. The van der Waals surface area contributed by atoms with Gasteiger partial charge < -0.3 is 19.2 Å². The number of nitrogens with one attached hydrogen (secondary N) is 1. The van der Waals surface area contributed by atoms with Crippen molar-refractivity contribution in [1.82, 2.24) is 10.2 Å². The Morgan fingerprint density at radius 1 is 1.21 bits per heavy atom. The fraction of sp³-hybridized carbons (Fsp3) is 0.391. The lowest BCUT2D eigenvalue weighted by Gasteiger charge is -2.08. The van der Waals surface area contributed by atoms with Crippen LogP contribution in [0, 0.1) is 0 Å². The molecule has 33 heavy (non-hydrogen) atoms. The number of nitrogens with zero attached hydrogens (tertiary/aromatic N) is 2. The van der Waals surface area contributed by atoms with Gasteiger partial charge in [-0.25, -0.2) is 4.79 Å². The summed E-state index contributed by atoms with van der Waals surface area (Å²) in [4.78, 5) is 26.5. The molecule has 0 bridgehead atoms. The Morgan fingerprint density at radius 3 is 2.88 bits per heavy atom. The van der Waals surface area contributed by atoms with Crippen molar-refractivity contribution in [1.29, 1.82) is 0 Å². The minimum absolute atomic E-state index is 0.0740. The van der Waals surface area contributed by atoms with E-state index in [0.29, 0.717) is 28.8 Å². The number of rotatable bonds is 8. The maximum absolute atomic E-state index is 12.7. The maximum atomic E-state index is 12.7. The van der Waals surface area contributed by atoms with Crippen LogP contribution in [0.3, 0.4) is 0 Å². The molecule has 0 spiro atoms. The summed E-state index contributed by atoms with van der Waals surface area (Å²) >= 11 is 2.62. The Balaban J connectivity index is 1.43. The van der Waals surface area contributed by atoms with Crippen LogP contribution < -0.4 is 10.1 Å². The first-order chi connectivity index (χ1) is 16.1. The average Bonchev–Trinajstić information content (AvgIpc) is 3.36. The standard InChI is InChI=1S/C23H25N3O5S2/c1-3-30-22(28)19-16-10-5-4-6-11-17(16)33-21(19)24-18(27)13-32-23-26-25-20(31-23)14-8-7-9-15(12-14)29-2/h7-9,12H,3-6,10-11,13H2,1-2H3,(H,24,27). The van der Waals surface area contributed by atoms with Crippen LogP contribution in [0.4, 0.5) is 5.00 Å². The molecule has 1 N–H and O–H groups in total. The number of benzene rings is 1. The number of aryl methyl sites for hydroxylation is 1. The van der Waals surface area contributed by atoms with Crippen molar-refractivity contribution in [3.05, 3.63) is 40.3 Å². The van der Waals surface area contributed by atoms with Crippen molar-refractivity contribution in [2.45, 2.75) is 44.3 Å². The summed E-state index contributed by atoms with van der Waals surface area (Å²) in [6.07, 6.45) is 5.02. The fourth-order valence-electron chi connectivity index (χ4n) is 3.68. The van der Waals surface area contributed by atoms with Crippen LogP contribution in [-0.2, 0) is 22.4 Å². The number of ether oxygens (including phenoxy) is 2. The smallest absolute Gasteiger partial charge is 0.341 e. The molecular formula is C23H25N3O5S2. The van der Waals surface area contributed by atoms with Crippen molar-refractivity contribution in [3.63, 3.8) is 0 Å². The molecule has 2 heterocycles. The maximum Gasteiger partial charge on any atom is 0.341 e. The molecule has 2 aromatic heterocycles. The highest BCUT2D eigenvalue weighted by Crippen LogP contribution is 2.38. The van der Waals surface area contributed by atoms with Crippen LogP contribution in [-0.4, -0.2) is 41.5 Å². The predicted molar refractivity (Wildman–Crippen MR) is 127 cm³/mol. The van der Waals surface area contributed by atoms with Gasteiger partial charge >= 0.3 is 5.97 Å². The highest BCUT2D eigenvalue weighted by atomic mass is 32.2. The summed E-state index contributed by atoms with van der Waals surface area (Å²) in [6, 6.07) is 7.30. The molecule has 4 rings (SSSR count). The molecule has 0 radical (unpaired) electrons. The molecule has 10 heteroatoms. The Labute approximate surface area is 200 Å². The van der Waals surface area contributed by atoms with Crippen LogP contribution in [0.15, 0.2) is 33.9 Å². The number of aromatic nitrogens is 2. The SMILES string of the molecule is CCOC(=O)c1c(NC(=O)CSc2nnc(-c3cccc(OC)c3)o2)sc2c1CCCCC2. The van der Waals surface area contributed by atoms with Crippen LogP contribution in [0.2, 0.25) is 0 Å². The molecule has 3 aromatic rings. The van der Waals surface area contributed by atoms with Crippen molar-refractivity contribution in [2.24, 2.45) is 0 Å². The van der Waals surface area contributed by atoms with Gasteiger partial charge in [-0.2, -0.15) is 0 Å². The molecule has 8 nitrogen and oxygen atoms in total. The van der Waals surface area contributed by atoms with Gasteiger partial charge in [0.1, 0.15) is 10.8 Å². The van der Waals surface area contributed by atoms with Gasteiger partial charge in [0.25, 0.3) is 5.22 Å². The number of hydrogen-bond donors (Lipinski definition) is 1. The van der Waals surface area contributed by atoms with Gasteiger partial charge in [0.2, 0.25) is 11.8 Å². The van der Waals surface area contributed by atoms with Gasteiger partial charge in [0.15, 0.2) is 0 Å². The summed E-state index contributed by atoms with van der Waals surface area (Å²) in [5.74, 6) is 0.488. The van der Waals surface area contributed by atoms with Gasteiger partial charge in [-0.3, -0.25) is 4.79 Å². The van der Waals surface area contributed by atoms with E-state index in [4.69, 9.17) is 13.9 Å². The summed E-state index contributed by atoms with van der Waals surface area (Å²) in [5.41, 5.74) is 2.27. The Morgan fingerprint density at radius 2 is 2.06 bits per heavy atom. The van der Waals surface area contributed by atoms with E-state index in [1.807, 2.05) is 18.2 Å². The second-order valence-corrected chi connectivity index (χ2v) is 9.46. The normalized spacial score (nSPS) is 13.2. The molecule has 0 fully saturated rings. The number of hydrogen-bond acceptors (Lipinski definition) is 9. The van der Waals surface area contributed by atoms with E-state index in [1.54, 1.807) is 20.1 Å². The van der Waals surface area contributed by atoms with Crippen LogP contribution in [0.5, 0.6) is 5.75 Å². The number of thiophene rings is 1. The summed E-state index contributed by atoms with van der Waals surface area (Å²) in [5, 5.41) is 11.8. The minimum Gasteiger partial charge on any atom is -0.497 e. The molecule has 1 aliphatic rings. The number of carbonyl (C=O) groups is 2. The number of amides is 1. The molecule has 0 saturated carbocycles. The molecule has 1 amide bonds. The molecule has 0 saturated heterocycles. The topological polar surface area (TPSA) is 104 Å². The van der Waals surface area contributed by atoms with Gasteiger partial charge in [-0.1, -0.05) is 24.2 Å². The third-order valence-corrected chi connectivity index (χ3v) is 7.23. The number of esters is 1. The molecule has 0 atom stereocenters. The molecule has 174 valence electrons. The highest BCUT2D eigenvalue weighted by Gasteiger charge is 2.26. The van der Waals surface area contributed by atoms with E-state index in [2.05, 4.69) is 15.5 Å². The summed E-state index contributed by atoms with van der Waals surface area (Å²) in [6.45, 7) is 2.07. The van der Waals surface area contributed by atoms with Gasteiger partial charge in [-0.15, -0.1) is 21.5 Å². The lowest BCUT2D eigenvalue weighted by molar-refractivity contribution is -0.113. The number of anilines is 1. The van der Waals surface area contributed by atoms with Crippen molar-refractivity contribution in [3.8, 4) is 17.2 Å². The first kappa shape index (κ1) is 23.3. The molecule has 0 unspecified atom stereocenters. The lowest BCUT2D eigenvalue weighted by atomic mass is 10.1. The largest absolute Gasteiger partial charge is 0.497 e. The van der Waals surface area contributed by atoms with Gasteiger partial charge in [-0.05, 0) is 56.4 Å². The molecule has 0 aliphatic heterocycles. The highest BCUT2D eigenvalue weighted by molar-refractivity contribution is 7.99. The van der Waals surface area contributed by atoms with E-state index in [1.165, 1.54) is 16.2 Å². The first-order valence-corrected chi connectivity index (χ1v) is 12.6. The molecular weight excluding hydrogens is 462 g/mol. The fourth-order valence-corrected chi connectivity index (χ4v) is 5.54. The van der Waals surface area contributed by atoms with E-state index >= 15 is 0 Å². The second-order valence-electron chi connectivity index (χ2n) is 7.43. The zero-order valence-corrected chi connectivity index (χ0v) is 20.1. The third-order valence-electron chi connectivity index (χ3n) is 5.20. The molecule has 1 aromatic carbocycles. The van der Waals surface area contributed by atoms with Crippen molar-refractivity contribution >= 4 is 40.0 Å². The van der Waals surface area contributed by atoms with Gasteiger partial charge in [0.05, 0.1) is 25.0 Å². The quantitative estimate of drug-likeness (QED) is 0.269. The minimum atomic E-state index is -0.375. The van der Waals surface area contributed by atoms with E-state index in [0.717, 1.165) is 55.0 Å². The Kier molecular flexibility index (Phi) is 7.66. The lowest BCUT2D eigenvalue weighted by Crippen LogP contribution is -2.16. The molecule has 1 aliphatic carbocycles. The van der Waals surface area contributed by atoms with E-state index < -0.39 is 0 Å². The van der Waals surface area contributed by atoms with Crippen molar-refractivity contribution in [2.75, 3.05) is 24.8 Å². The number of fused-ring (bicyclic) bond motifs is 1. The Hall–Kier alpha value is -2.85. The van der Waals surface area contributed by atoms with Crippen LogP contribution in [0.25, 0.3) is 11.5 Å². The zero-order chi connectivity index (χ0) is 23.2. The average molecular weight is 488 g/mol. The number of methoxy groups -OCH3 is 1.